The van der Waals surface area contributed by atoms with Gasteiger partial charge in [0.2, 0.25) is 0 Å². The number of rotatable bonds is 1. The molecule has 0 spiro atoms. The van der Waals surface area contributed by atoms with E-state index in [4.69, 9.17) is 0 Å². The summed E-state index contributed by atoms with van der Waals surface area (Å²) in [6, 6.07) is 26.4. The van der Waals surface area contributed by atoms with Gasteiger partial charge in [-0.05, 0) is 51.6 Å². The first kappa shape index (κ1) is 14.7. The first-order valence-electron chi connectivity index (χ1n) is 9.40. The van der Waals surface area contributed by atoms with Crippen LogP contribution in [0.15, 0.2) is 85.2 Å². The highest BCUT2D eigenvalue weighted by molar-refractivity contribution is 5.89. The van der Waals surface area contributed by atoms with Gasteiger partial charge >= 0.3 is 0 Å². The van der Waals surface area contributed by atoms with Gasteiger partial charge in [-0.25, -0.2) is 0 Å². The third kappa shape index (κ3) is 2.16. The van der Waals surface area contributed by atoms with Crippen LogP contribution in [0.3, 0.4) is 0 Å². The fraction of sp³-hybridized carbons (Fsp3) is 0.0800. The third-order valence-corrected chi connectivity index (χ3v) is 5.73. The van der Waals surface area contributed by atoms with Gasteiger partial charge in [0.15, 0.2) is 0 Å². The Morgan fingerprint density at radius 2 is 1.41 bits per heavy atom. The summed E-state index contributed by atoms with van der Waals surface area (Å²) in [4.78, 5) is 6.81. The molecule has 2 aliphatic heterocycles. The molecule has 0 fully saturated rings. The Bertz CT molecular complexity index is 1180. The molecule has 27 heavy (non-hydrogen) atoms. The van der Waals surface area contributed by atoms with Crippen molar-refractivity contribution in [1.29, 1.82) is 0 Å². The summed E-state index contributed by atoms with van der Waals surface area (Å²) in [5, 5.41) is 0. The maximum Gasteiger partial charge on any atom is 0.0532 e. The number of hydrogen-bond acceptors (Lipinski definition) is 2. The van der Waals surface area contributed by atoms with Gasteiger partial charge in [0, 0.05) is 30.9 Å². The van der Waals surface area contributed by atoms with Crippen LogP contribution in [0, 0.1) is 0 Å². The number of nitrogens with zero attached hydrogens (tertiary/aromatic N) is 2. The van der Waals surface area contributed by atoms with Gasteiger partial charge in [0.1, 0.15) is 0 Å². The summed E-state index contributed by atoms with van der Waals surface area (Å²) in [6.07, 6.45) is 5.85. The Kier molecular flexibility index (Phi) is 3.03. The van der Waals surface area contributed by atoms with Crippen LogP contribution in [-0.4, -0.2) is 4.98 Å². The summed E-state index contributed by atoms with van der Waals surface area (Å²) in [5.41, 5.74) is 12.0. The van der Waals surface area contributed by atoms with Crippen molar-refractivity contribution in [2.24, 2.45) is 0 Å². The standard InChI is InChI=1S/C25H18N2/c1-2-5-17(6-3-1)18-9-10-23-21(13-18)14-19-7-4-8-20-15-22-16-26-12-11-24(22)27(23)25(19)20/h1-13,16H,14-15H2. The van der Waals surface area contributed by atoms with E-state index in [2.05, 4.69) is 82.7 Å². The lowest BCUT2D eigenvalue weighted by atomic mass is 9.86. The van der Waals surface area contributed by atoms with Crippen LogP contribution in [0.5, 0.6) is 0 Å². The van der Waals surface area contributed by atoms with Gasteiger partial charge in [-0.2, -0.15) is 0 Å². The number of aromatic nitrogens is 1. The number of pyridine rings is 1. The molecule has 0 unspecified atom stereocenters. The Morgan fingerprint density at radius 1 is 0.630 bits per heavy atom. The molecule has 0 saturated carbocycles. The zero-order valence-electron chi connectivity index (χ0n) is 14.9. The van der Waals surface area contributed by atoms with E-state index in [0.29, 0.717) is 0 Å². The van der Waals surface area contributed by atoms with Crippen LogP contribution in [0.2, 0.25) is 0 Å². The first-order valence-corrected chi connectivity index (χ1v) is 9.40. The number of fused-ring (bicyclic) bond motifs is 4. The minimum Gasteiger partial charge on any atom is -0.309 e. The Labute approximate surface area is 158 Å². The van der Waals surface area contributed by atoms with E-state index in [0.717, 1.165) is 12.8 Å². The lowest BCUT2D eigenvalue weighted by molar-refractivity contribution is 1.00. The topological polar surface area (TPSA) is 16.1 Å². The van der Waals surface area contributed by atoms with E-state index >= 15 is 0 Å². The molecule has 0 atom stereocenters. The van der Waals surface area contributed by atoms with Gasteiger partial charge in [0.25, 0.3) is 0 Å². The summed E-state index contributed by atoms with van der Waals surface area (Å²) in [7, 11) is 0. The van der Waals surface area contributed by atoms with Crippen molar-refractivity contribution in [3.8, 4) is 11.1 Å². The Balaban J connectivity index is 1.58. The van der Waals surface area contributed by atoms with E-state index in [1.54, 1.807) is 0 Å². The molecule has 2 aliphatic rings. The second-order valence-electron chi connectivity index (χ2n) is 7.33. The van der Waals surface area contributed by atoms with Crippen molar-refractivity contribution in [1.82, 2.24) is 4.98 Å². The summed E-state index contributed by atoms with van der Waals surface area (Å²) in [6.45, 7) is 0. The molecule has 2 nitrogen and oxygen atoms in total. The molecular weight excluding hydrogens is 328 g/mol. The molecule has 0 radical (unpaired) electrons. The second kappa shape index (κ2) is 5.55. The maximum atomic E-state index is 4.36. The lowest BCUT2D eigenvalue weighted by Gasteiger charge is -2.39. The molecule has 3 heterocycles. The van der Waals surface area contributed by atoms with Crippen molar-refractivity contribution in [2.45, 2.75) is 12.8 Å². The van der Waals surface area contributed by atoms with Crippen molar-refractivity contribution >= 4 is 17.1 Å². The van der Waals surface area contributed by atoms with Gasteiger partial charge in [-0.15, -0.1) is 0 Å². The highest BCUT2D eigenvalue weighted by atomic mass is 15.2. The van der Waals surface area contributed by atoms with E-state index in [-0.39, 0.29) is 0 Å². The minimum absolute atomic E-state index is 0.959. The summed E-state index contributed by atoms with van der Waals surface area (Å²) >= 11 is 0. The summed E-state index contributed by atoms with van der Waals surface area (Å²) in [5.74, 6) is 0. The molecule has 2 heteroatoms. The molecule has 3 aromatic carbocycles. The SMILES string of the molecule is c1ccc(-c2ccc3c(c2)Cc2cccc4c2N3c2ccncc2C4)cc1. The van der Waals surface area contributed by atoms with E-state index < -0.39 is 0 Å². The number of benzene rings is 3. The van der Waals surface area contributed by atoms with Crippen LogP contribution in [0.25, 0.3) is 11.1 Å². The van der Waals surface area contributed by atoms with Crippen LogP contribution in [0.1, 0.15) is 22.3 Å². The Hall–Kier alpha value is -3.39. The largest absolute Gasteiger partial charge is 0.309 e. The molecule has 128 valence electrons. The molecule has 0 N–H and O–H groups in total. The second-order valence-corrected chi connectivity index (χ2v) is 7.33. The van der Waals surface area contributed by atoms with Crippen molar-refractivity contribution < 1.29 is 0 Å². The monoisotopic (exact) mass is 346 g/mol. The number of anilines is 3. The van der Waals surface area contributed by atoms with Crippen molar-refractivity contribution in [2.75, 3.05) is 4.90 Å². The molecule has 0 bridgehead atoms. The highest BCUT2D eigenvalue weighted by Crippen LogP contribution is 2.50. The maximum absolute atomic E-state index is 4.36. The molecule has 6 rings (SSSR count). The van der Waals surface area contributed by atoms with Gasteiger partial charge in [-0.1, -0.05) is 54.6 Å². The van der Waals surface area contributed by atoms with E-state index in [1.165, 1.54) is 50.4 Å². The van der Waals surface area contributed by atoms with E-state index in [1.807, 2.05) is 12.4 Å². The quantitative estimate of drug-likeness (QED) is 0.361. The van der Waals surface area contributed by atoms with Crippen LogP contribution >= 0.6 is 0 Å². The molecular formula is C25H18N2. The van der Waals surface area contributed by atoms with Crippen LogP contribution in [0.4, 0.5) is 17.1 Å². The first-order chi connectivity index (χ1) is 13.4. The predicted molar refractivity (Wildman–Crippen MR) is 110 cm³/mol. The Morgan fingerprint density at radius 3 is 2.26 bits per heavy atom. The smallest absolute Gasteiger partial charge is 0.0532 e. The average Bonchev–Trinajstić information content (AvgIpc) is 2.74. The zero-order valence-corrected chi connectivity index (χ0v) is 14.9. The normalized spacial score (nSPS) is 13.6. The van der Waals surface area contributed by atoms with Crippen LogP contribution < -0.4 is 4.90 Å². The average molecular weight is 346 g/mol. The third-order valence-electron chi connectivity index (χ3n) is 5.73. The molecule has 1 aromatic heterocycles. The lowest BCUT2D eigenvalue weighted by Crippen LogP contribution is -2.24. The molecule has 0 saturated heterocycles. The minimum atomic E-state index is 0.959. The zero-order chi connectivity index (χ0) is 17.8. The fourth-order valence-corrected chi connectivity index (χ4v) is 4.53. The summed E-state index contributed by atoms with van der Waals surface area (Å²) < 4.78 is 0. The van der Waals surface area contributed by atoms with E-state index in [9.17, 15) is 0 Å². The number of hydrogen-bond donors (Lipinski definition) is 0. The molecule has 4 aromatic rings. The molecule has 0 amide bonds. The fourth-order valence-electron chi connectivity index (χ4n) is 4.53. The van der Waals surface area contributed by atoms with Crippen LogP contribution in [-0.2, 0) is 12.8 Å². The van der Waals surface area contributed by atoms with Gasteiger partial charge < -0.3 is 4.90 Å². The highest BCUT2D eigenvalue weighted by Gasteiger charge is 2.31. The number of para-hydroxylation sites is 1. The molecule has 0 aliphatic carbocycles. The van der Waals surface area contributed by atoms with Crippen molar-refractivity contribution in [3.63, 3.8) is 0 Å². The van der Waals surface area contributed by atoms with Gasteiger partial charge in [-0.3, -0.25) is 4.98 Å². The van der Waals surface area contributed by atoms with Crippen molar-refractivity contribution in [3.05, 3.63) is 107 Å². The predicted octanol–water partition coefficient (Wildman–Crippen LogP) is 6.03. The van der Waals surface area contributed by atoms with Gasteiger partial charge in [0.05, 0.1) is 11.4 Å².